The quantitative estimate of drug-likeness (QED) is 0.774. The highest BCUT2D eigenvalue weighted by molar-refractivity contribution is 6.12. The van der Waals surface area contributed by atoms with Crippen molar-refractivity contribution in [3.8, 4) is 5.75 Å². The van der Waals surface area contributed by atoms with Crippen molar-refractivity contribution in [1.29, 1.82) is 0 Å². The molecule has 1 aliphatic heterocycles. The normalized spacial score (nSPS) is 13.3. The van der Waals surface area contributed by atoms with Crippen LogP contribution in [0, 0.1) is 6.92 Å². The maximum absolute atomic E-state index is 12.7. The zero-order valence-electron chi connectivity index (χ0n) is 11.2. The molecular weight excluding hydrogens is 236 g/mol. The molecule has 0 saturated carbocycles. The molecule has 0 spiro atoms. The van der Waals surface area contributed by atoms with Crippen LogP contribution in [0.5, 0.6) is 5.75 Å². The first-order chi connectivity index (χ1) is 9.19. The second-order valence-corrected chi connectivity index (χ2v) is 4.96. The van der Waals surface area contributed by atoms with Gasteiger partial charge in [-0.3, -0.25) is 4.79 Å². The summed E-state index contributed by atoms with van der Waals surface area (Å²) in [5.41, 5.74) is 4.68. The summed E-state index contributed by atoms with van der Waals surface area (Å²) < 4.78 is 5.76. The zero-order chi connectivity index (χ0) is 13.4. The lowest BCUT2D eigenvalue weighted by Gasteiger charge is -2.07. The van der Waals surface area contributed by atoms with Crippen molar-refractivity contribution in [3.05, 3.63) is 64.2 Å². The molecule has 0 radical (unpaired) electrons. The minimum absolute atomic E-state index is 0.0708. The van der Waals surface area contributed by atoms with Crippen LogP contribution in [-0.2, 0) is 13.0 Å². The van der Waals surface area contributed by atoms with Crippen LogP contribution >= 0.6 is 0 Å². The maximum Gasteiger partial charge on any atom is 0.197 e. The molecule has 3 rings (SSSR count). The molecule has 19 heavy (non-hydrogen) atoms. The molecule has 0 aromatic heterocycles. The monoisotopic (exact) mass is 252 g/mol. The fourth-order valence-electron chi connectivity index (χ4n) is 2.43. The number of carbonyl (C=O) groups is 1. The number of hydrogen-bond acceptors (Lipinski definition) is 2. The van der Waals surface area contributed by atoms with Crippen molar-refractivity contribution in [2.45, 2.75) is 26.9 Å². The Kier molecular flexibility index (Phi) is 2.86. The smallest absolute Gasteiger partial charge is 0.197 e. The number of carbonyl (C=O) groups excluding carboxylic acids is 1. The van der Waals surface area contributed by atoms with E-state index in [0.717, 1.165) is 28.7 Å². The molecule has 2 aromatic rings. The second kappa shape index (κ2) is 4.54. The van der Waals surface area contributed by atoms with Crippen molar-refractivity contribution in [3.63, 3.8) is 0 Å². The van der Waals surface area contributed by atoms with Gasteiger partial charge >= 0.3 is 0 Å². The summed E-state index contributed by atoms with van der Waals surface area (Å²) in [6.45, 7) is 4.55. The number of ether oxygens (including phenoxy) is 1. The van der Waals surface area contributed by atoms with Crippen molar-refractivity contribution in [2.24, 2.45) is 0 Å². The minimum atomic E-state index is 0.0708. The first kappa shape index (κ1) is 12.0. The maximum atomic E-state index is 12.7. The summed E-state index contributed by atoms with van der Waals surface area (Å²) in [6.07, 6.45) is 0.918. The molecule has 1 heterocycles. The van der Waals surface area contributed by atoms with Gasteiger partial charge in [-0.15, -0.1) is 0 Å². The molecule has 2 aromatic carbocycles. The van der Waals surface area contributed by atoms with E-state index >= 15 is 0 Å². The first-order valence-electron chi connectivity index (χ1n) is 6.59. The van der Waals surface area contributed by atoms with E-state index in [1.54, 1.807) is 0 Å². The first-order valence-corrected chi connectivity index (χ1v) is 6.59. The van der Waals surface area contributed by atoms with Crippen molar-refractivity contribution in [2.75, 3.05) is 0 Å². The molecule has 1 aliphatic rings. The van der Waals surface area contributed by atoms with Crippen LogP contribution in [0.3, 0.4) is 0 Å². The lowest BCUT2D eigenvalue weighted by atomic mass is 9.96. The summed E-state index contributed by atoms with van der Waals surface area (Å²) in [5.74, 6) is 0.762. The Morgan fingerprint density at radius 1 is 1.11 bits per heavy atom. The van der Waals surface area contributed by atoms with Crippen LogP contribution in [0.4, 0.5) is 0 Å². The molecule has 0 atom stereocenters. The molecule has 0 aliphatic carbocycles. The van der Waals surface area contributed by atoms with Gasteiger partial charge in [0.05, 0.1) is 5.56 Å². The van der Waals surface area contributed by atoms with Gasteiger partial charge in [0.1, 0.15) is 12.4 Å². The van der Waals surface area contributed by atoms with Gasteiger partial charge in [0.25, 0.3) is 0 Å². The van der Waals surface area contributed by atoms with Crippen LogP contribution in [0.25, 0.3) is 0 Å². The average Bonchev–Trinajstić information content (AvgIpc) is 2.57. The van der Waals surface area contributed by atoms with Crippen LogP contribution in [0.2, 0.25) is 0 Å². The van der Waals surface area contributed by atoms with Crippen LogP contribution in [0.1, 0.15) is 39.5 Å². The fourth-order valence-corrected chi connectivity index (χ4v) is 2.43. The van der Waals surface area contributed by atoms with Crippen molar-refractivity contribution < 1.29 is 9.53 Å². The standard InChI is InChI=1S/C17H16O2/c1-3-12-5-7-16-15(9-12)17(18)14-8-11(2)4-6-13(14)10-19-16/h4-9H,3,10H2,1-2H3. The summed E-state index contributed by atoms with van der Waals surface area (Å²) in [5, 5.41) is 0. The minimum Gasteiger partial charge on any atom is -0.488 e. The van der Waals surface area contributed by atoms with Gasteiger partial charge in [0.15, 0.2) is 5.78 Å². The van der Waals surface area contributed by atoms with Gasteiger partial charge in [-0.25, -0.2) is 0 Å². The van der Waals surface area contributed by atoms with Crippen molar-refractivity contribution in [1.82, 2.24) is 0 Å². The topological polar surface area (TPSA) is 26.3 Å². The van der Waals surface area contributed by atoms with Gasteiger partial charge in [0.2, 0.25) is 0 Å². The van der Waals surface area contributed by atoms with E-state index in [0.29, 0.717) is 17.9 Å². The van der Waals surface area contributed by atoms with E-state index in [2.05, 4.69) is 6.92 Å². The van der Waals surface area contributed by atoms with Crippen LogP contribution in [-0.4, -0.2) is 5.78 Å². The largest absolute Gasteiger partial charge is 0.488 e. The molecular formula is C17H16O2. The summed E-state index contributed by atoms with van der Waals surface area (Å²) in [6, 6.07) is 11.8. The van der Waals surface area contributed by atoms with E-state index in [1.165, 1.54) is 0 Å². The third-order valence-electron chi connectivity index (χ3n) is 3.59. The second-order valence-electron chi connectivity index (χ2n) is 4.96. The Morgan fingerprint density at radius 2 is 1.95 bits per heavy atom. The Morgan fingerprint density at radius 3 is 2.74 bits per heavy atom. The lowest BCUT2D eigenvalue weighted by molar-refractivity contribution is 0.103. The number of hydrogen-bond donors (Lipinski definition) is 0. The van der Waals surface area contributed by atoms with E-state index in [4.69, 9.17) is 4.74 Å². The molecule has 0 fully saturated rings. The molecule has 0 amide bonds. The molecule has 2 nitrogen and oxygen atoms in total. The molecule has 96 valence electrons. The van der Waals surface area contributed by atoms with Gasteiger partial charge in [-0.2, -0.15) is 0 Å². The number of aryl methyl sites for hydroxylation is 2. The summed E-state index contributed by atoms with van der Waals surface area (Å²) >= 11 is 0. The Hall–Kier alpha value is -2.09. The predicted octanol–water partition coefficient (Wildman–Crippen LogP) is 3.68. The highest BCUT2D eigenvalue weighted by Crippen LogP contribution is 2.29. The van der Waals surface area contributed by atoms with Gasteiger partial charge < -0.3 is 4.74 Å². The molecule has 0 bridgehead atoms. The zero-order valence-corrected chi connectivity index (χ0v) is 11.2. The molecule has 0 N–H and O–H groups in total. The van der Waals surface area contributed by atoms with E-state index < -0.39 is 0 Å². The summed E-state index contributed by atoms with van der Waals surface area (Å²) in [4.78, 5) is 12.7. The van der Waals surface area contributed by atoms with E-state index in [-0.39, 0.29) is 5.78 Å². The number of ketones is 1. The number of rotatable bonds is 1. The summed E-state index contributed by atoms with van der Waals surface area (Å²) in [7, 11) is 0. The third-order valence-corrected chi connectivity index (χ3v) is 3.59. The highest BCUT2D eigenvalue weighted by Gasteiger charge is 2.22. The van der Waals surface area contributed by atoms with Gasteiger partial charge in [-0.05, 0) is 37.1 Å². The Balaban J connectivity index is 2.18. The number of fused-ring (bicyclic) bond motifs is 2. The highest BCUT2D eigenvalue weighted by atomic mass is 16.5. The van der Waals surface area contributed by atoms with Crippen molar-refractivity contribution >= 4 is 5.78 Å². The van der Waals surface area contributed by atoms with E-state index in [9.17, 15) is 4.79 Å². The molecule has 2 heteroatoms. The van der Waals surface area contributed by atoms with Crippen LogP contribution < -0.4 is 4.74 Å². The fraction of sp³-hybridized carbons (Fsp3) is 0.235. The Labute approximate surface area is 113 Å². The van der Waals surface area contributed by atoms with Gasteiger partial charge in [0, 0.05) is 11.1 Å². The number of benzene rings is 2. The lowest BCUT2D eigenvalue weighted by Crippen LogP contribution is -2.03. The average molecular weight is 252 g/mol. The SMILES string of the molecule is CCc1ccc2c(c1)C(=O)c1cc(C)ccc1CO2. The van der Waals surface area contributed by atoms with Gasteiger partial charge in [-0.1, -0.05) is 30.7 Å². The molecule has 0 saturated heterocycles. The predicted molar refractivity (Wildman–Crippen MR) is 74.8 cm³/mol. The van der Waals surface area contributed by atoms with Crippen LogP contribution in [0.15, 0.2) is 36.4 Å². The van der Waals surface area contributed by atoms with E-state index in [1.807, 2.05) is 43.3 Å². The third kappa shape index (κ3) is 2.03. The Bertz CT molecular complexity index is 656. The molecule has 0 unspecified atom stereocenters.